The van der Waals surface area contributed by atoms with Crippen LogP contribution in [0.3, 0.4) is 0 Å². The van der Waals surface area contributed by atoms with Crippen LogP contribution < -0.4 is 10.5 Å². The highest BCUT2D eigenvalue weighted by molar-refractivity contribution is 7.89. The molecule has 3 N–H and O–H groups in total. The van der Waals surface area contributed by atoms with Crippen LogP contribution in [0.4, 0.5) is 0 Å². The van der Waals surface area contributed by atoms with E-state index >= 15 is 0 Å². The van der Waals surface area contributed by atoms with Crippen molar-refractivity contribution in [2.45, 2.75) is 44.6 Å². The van der Waals surface area contributed by atoms with E-state index in [-0.39, 0.29) is 11.8 Å². The number of rotatable bonds is 7. The fraction of sp³-hybridized carbons (Fsp3) is 1.00. The van der Waals surface area contributed by atoms with E-state index in [9.17, 15) is 8.42 Å². The van der Waals surface area contributed by atoms with Crippen molar-refractivity contribution >= 4 is 10.0 Å². The molecule has 94 valence electrons. The topological polar surface area (TPSA) is 72.2 Å². The highest BCUT2D eigenvalue weighted by Crippen LogP contribution is 2.33. The van der Waals surface area contributed by atoms with Gasteiger partial charge in [0.2, 0.25) is 10.0 Å². The molecule has 2 rings (SSSR count). The zero-order valence-corrected chi connectivity index (χ0v) is 10.5. The van der Waals surface area contributed by atoms with Gasteiger partial charge in [0, 0.05) is 12.6 Å². The Balaban J connectivity index is 1.76. The van der Waals surface area contributed by atoms with E-state index in [2.05, 4.69) is 4.72 Å². The Labute approximate surface area is 98.0 Å². The molecule has 2 aliphatic carbocycles. The summed E-state index contributed by atoms with van der Waals surface area (Å²) in [6, 6.07) is -0.0219. The van der Waals surface area contributed by atoms with Crippen molar-refractivity contribution in [3.05, 3.63) is 0 Å². The summed E-state index contributed by atoms with van der Waals surface area (Å²) in [5, 5.41) is 0. The molecule has 1 unspecified atom stereocenters. The van der Waals surface area contributed by atoms with Crippen molar-refractivity contribution in [2.75, 3.05) is 12.3 Å². The molecule has 5 heteroatoms. The lowest BCUT2D eigenvalue weighted by Crippen LogP contribution is -2.43. The summed E-state index contributed by atoms with van der Waals surface area (Å²) in [4.78, 5) is 0. The van der Waals surface area contributed by atoms with Gasteiger partial charge >= 0.3 is 0 Å². The summed E-state index contributed by atoms with van der Waals surface area (Å²) >= 11 is 0. The lowest BCUT2D eigenvalue weighted by molar-refractivity contribution is 0.307. The van der Waals surface area contributed by atoms with E-state index in [0.29, 0.717) is 18.4 Å². The highest BCUT2D eigenvalue weighted by Gasteiger charge is 2.33. The number of nitrogens with two attached hydrogens (primary N) is 1. The number of hydrogen-bond donors (Lipinski definition) is 2. The van der Waals surface area contributed by atoms with Gasteiger partial charge in [-0.05, 0) is 31.1 Å². The fourth-order valence-corrected chi connectivity index (χ4v) is 3.74. The van der Waals surface area contributed by atoms with Crippen LogP contribution in [-0.2, 0) is 10.0 Å². The minimum absolute atomic E-state index is 0.0219. The van der Waals surface area contributed by atoms with Crippen LogP contribution in [0.15, 0.2) is 0 Å². The molecule has 0 aromatic rings. The average Bonchev–Trinajstić information content (AvgIpc) is 2.94. The Morgan fingerprint density at radius 2 is 1.94 bits per heavy atom. The summed E-state index contributed by atoms with van der Waals surface area (Å²) in [5.41, 5.74) is 5.59. The molecule has 2 fully saturated rings. The van der Waals surface area contributed by atoms with Crippen molar-refractivity contribution in [1.29, 1.82) is 0 Å². The Kier molecular flexibility index (Phi) is 3.87. The zero-order chi connectivity index (χ0) is 11.6. The monoisotopic (exact) mass is 246 g/mol. The van der Waals surface area contributed by atoms with E-state index in [1.165, 1.54) is 19.3 Å². The Morgan fingerprint density at radius 3 is 2.38 bits per heavy atom. The minimum atomic E-state index is -3.10. The number of hydrogen-bond acceptors (Lipinski definition) is 3. The van der Waals surface area contributed by atoms with Crippen LogP contribution in [0.2, 0.25) is 0 Å². The molecule has 0 aromatic carbocycles. The lowest BCUT2D eigenvalue weighted by Gasteiger charge is -2.25. The quantitative estimate of drug-likeness (QED) is 0.699. The molecule has 0 amide bonds. The van der Waals surface area contributed by atoms with Gasteiger partial charge in [-0.15, -0.1) is 0 Å². The van der Waals surface area contributed by atoms with E-state index in [1.807, 2.05) is 0 Å². The highest BCUT2D eigenvalue weighted by atomic mass is 32.2. The molecule has 2 aliphatic rings. The molecule has 0 aliphatic heterocycles. The van der Waals surface area contributed by atoms with Crippen molar-refractivity contribution in [2.24, 2.45) is 17.6 Å². The molecule has 0 spiro atoms. The van der Waals surface area contributed by atoms with Crippen LogP contribution >= 0.6 is 0 Å². The normalized spacial score (nSPS) is 24.1. The third kappa shape index (κ3) is 3.43. The average molecular weight is 246 g/mol. The molecule has 16 heavy (non-hydrogen) atoms. The van der Waals surface area contributed by atoms with E-state index in [1.54, 1.807) is 0 Å². The van der Waals surface area contributed by atoms with E-state index in [4.69, 9.17) is 5.73 Å². The van der Waals surface area contributed by atoms with Gasteiger partial charge in [-0.1, -0.05) is 19.3 Å². The Morgan fingerprint density at radius 1 is 1.25 bits per heavy atom. The molecular weight excluding hydrogens is 224 g/mol. The van der Waals surface area contributed by atoms with Crippen molar-refractivity contribution < 1.29 is 8.42 Å². The second-order valence-electron chi connectivity index (χ2n) is 5.20. The number of nitrogens with one attached hydrogen (secondary N) is 1. The van der Waals surface area contributed by atoms with Crippen molar-refractivity contribution in [3.8, 4) is 0 Å². The van der Waals surface area contributed by atoms with Crippen LogP contribution in [0.25, 0.3) is 0 Å². The Hall–Kier alpha value is -0.130. The van der Waals surface area contributed by atoms with Crippen LogP contribution in [0, 0.1) is 11.8 Å². The SMILES string of the molecule is NCC(NS(=O)(=O)CCC1CCC1)C1CC1. The first-order valence-corrected chi connectivity index (χ1v) is 7.96. The molecule has 1 atom stereocenters. The van der Waals surface area contributed by atoms with Crippen LogP contribution in [0.1, 0.15) is 38.5 Å². The van der Waals surface area contributed by atoms with Gasteiger partial charge in [0.25, 0.3) is 0 Å². The minimum Gasteiger partial charge on any atom is -0.329 e. The maximum atomic E-state index is 11.8. The first-order valence-electron chi connectivity index (χ1n) is 6.31. The summed E-state index contributed by atoms with van der Waals surface area (Å²) in [6.07, 6.45) is 6.74. The Bertz CT molecular complexity index is 321. The van der Waals surface area contributed by atoms with Gasteiger partial charge in [0.05, 0.1) is 5.75 Å². The van der Waals surface area contributed by atoms with Gasteiger partial charge in [0.1, 0.15) is 0 Å². The second-order valence-corrected chi connectivity index (χ2v) is 7.08. The maximum Gasteiger partial charge on any atom is 0.211 e. The van der Waals surface area contributed by atoms with E-state index < -0.39 is 10.0 Å². The van der Waals surface area contributed by atoms with Gasteiger partial charge in [-0.3, -0.25) is 0 Å². The molecule has 0 heterocycles. The maximum absolute atomic E-state index is 11.8. The summed E-state index contributed by atoms with van der Waals surface area (Å²) < 4.78 is 26.4. The van der Waals surface area contributed by atoms with Crippen molar-refractivity contribution in [3.63, 3.8) is 0 Å². The largest absolute Gasteiger partial charge is 0.329 e. The predicted octanol–water partition coefficient (Wildman–Crippen LogP) is 0.833. The zero-order valence-electron chi connectivity index (χ0n) is 9.69. The van der Waals surface area contributed by atoms with E-state index in [0.717, 1.165) is 19.3 Å². The molecular formula is C11H22N2O2S. The third-order valence-corrected chi connectivity index (χ3v) is 5.23. The molecule has 0 saturated heterocycles. The molecule has 2 saturated carbocycles. The second kappa shape index (κ2) is 5.02. The van der Waals surface area contributed by atoms with Gasteiger partial charge < -0.3 is 5.73 Å². The summed E-state index contributed by atoms with van der Waals surface area (Å²) in [5.74, 6) is 1.42. The smallest absolute Gasteiger partial charge is 0.211 e. The van der Waals surface area contributed by atoms with Crippen molar-refractivity contribution in [1.82, 2.24) is 4.72 Å². The van der Waals surface area contributed by atoms with Crippen LogP contribution in [-0.4, -0.2) is 26.8 Å². The van der Waals surface area contributed by atoms with Gasteiger partial charge in [0.15, 0.2) is 0 Å². The molecule has 0 bridgehead atoms. The first-order chi connectivity index (χ1) is 7.61. The summed E-state index contributed by atoms with van der Waals surface area (Å²) in [7, 11) is -3.10. The third-order valence-electron chi connectivity index (χ3n) is 3.80. The van der Waals surface area contributed by atoms with Gasteiger partial charge in [-0.2, -0.15) is 0 Å². The van der Waals surface area contributed by atoms with Crippen LogP contribution in [0.5, 0.6) is 0 Å². The molecule has 0 radical (unpaired) electrons. The predicted molar refractivity (Wildman–Crippen MR) is 64.4 cm³/mol. The summed E-state index contributed by atoms with van der Waals surface area (Å²) in [6.45, 7) is 0.424. The fourth-order valence-electron chi connectivity index (χ4n) is 2.23. The number of sulfonamides is 1. The first kappa shape index (κ1) is 12.3. The lowest BCUT2D eigenvalue weighted by atomic mass is 9.84. The molecule has 0 aromatic heterocycles. The molecule has 4 nitrogen and oxygen atoms in total. The van der Waals surface area contributed by atoms with Gasteiger partial charge in [-0.25, -0.2) is 13.1 Å². The standard InChI is InChI=1S/C11H22N2O2S/c12-8-11(10-4-5-10)13-16(14,15)7-6-9-2-1-3-9/h9-11,13H,1-8,12H2.